The highest BCUT2D eigenvalue weighted by Gasteiger charge is 2.35. The average molecular weight is 230 g/mol. The van der Waals surface area contributed by atoms with E-state index in [9.17, 15) is 4.79 Å². The van der Waals surface area contributed by atoms with Gasteiger partial charge in [-0.2, -0.15) is 0 Å². The Kier molecular flexibility index (Phi) is 2.14. The van der Waals surface area contributed by atoms with E-state index in [0.29, 0.717) is 5.52 Å². The Morgan fingerprint density at radius 1 is 1.41 bits per heavy atom. The number of pyridine rings is 1. The van der Waals surface area contributed by atoms with E-state index >= 15 is 0 Å². The van der Waals surface area contributed by atoms with Crippen LogP contribution in [0.1, 0.15) is 12.8 Å². The number of aromatic nitrogens is 3. The summed E-state index contributed by atoms with van der Waals surface area (Å²) in [6.07, 6.45) is 5.63. The van der Waals surface area contributed by atoms with Crippen molar-refractivity contribution < 1.29 is 9.90 Å². The van der Waals surface area contributed by atoms with Crippen LogP contribution in [0.5, 0.6) is 0 Å². The van der Waals surface area contributed by atoms with Gasteiger partial charge in [-0.25, -0.2) is 19.7 Å². The van der Waals surface area contributed by atoms with Gasteiger partial charge in [0.25, 0.3) is 0 Å². The predicted octanol–water partition coefficient (Wildman–Crippen LogP) is 1.67. The van der Waals surface area contributed by atoms with Gasteiger partial charge in [0.1, 0.15) is 0 Å². The van der Waals surface area contributed by atoms with E-state index in [2.05, 4.69) is 15.0 Å². The second-order valence-electron chi connectivity index (χ2n) is 3.99. The fraction of sp³-hybridized carbons (Fsp3) is 0.273. The third-order valence-electron chi connectivity index (χ3n) is 2.71. The lowest BCUT2D eigenvalue weighted by atomic mass is 10.3. The fourth-order valence-electron chi connectivity index (χ4n) is 1.72. The van der Waals surface area contributed by atoms with Crippen LogP contribution in [0.15, 0.2) is 24.7 Å². The number of rotatable bonds is 2. The molecule has 6 nitrogen and oxygen atoms in total. The summed E-state index contributed by atoms with van der Waals surface area (Å²) in [5, 5.41) is 9.99. The fourth-order valence-corrected chi connectivity index (χ4v) is 1.72. The summed E-state index contributed by atoms with van der Waals surface area (Å²) in [5.74, 6) is 0.237. The third kappa shape index (κ3) is 1.77. The molecule has 0 spiro atoms. The molecule has 0 radical (unpaired) electrons. The summed E-state index contributed by atoms with van der Waals surface area (Å²) in [7, 11) is 0. The highest BCUT2D eigenvalue weighted by atomic mass is 16.4. The van der Waals surface area contributed by atoms with Crippen LogP contribution in [0.2, 0.25) is 0 Å². The number of nitrogens with zero attached hydrogens (tertiary/aromatic N) is 4. The molecule has 0 aliphatic heterocycles. The van der Waals surface area contributed by atoms with Crippen molar-refractivity contribution in [2.24, 2.45) is 0 Å². The molecule has 0 saturated heterocycles. The quantitative estimate of drug-likeness (QED) is 0.848. The Bertz CT molecular complexity index is 582. The van der Waals surface area contributed by atoms with Crippen molar-refractivity contribution >= 4 is 22.9 Å². The lowest BCUT2D eigenvalue weighted by molar-refractivity contribution is 0.201. The molecule has 3 rings (SSSR count). The molecule has 6 heteroatoms. The van der Waals surface area contributed by atoms with Gasteiger partial charge in [-0.05, 0) is 18.9 Å². The Morgan fingerprint density at radius 2 is 2.24 bits per heavy atom. The molecule has 1 N–H and O–H groups in total. The van der Waals surface area contributed by atoms with E-state index in [1.54, 1.807) is 24.7 Å². The molecule has 2 aromatic heterocycles. The van der Waals surface area contributed by atoms with Crippen molar-refractivity contribution in [3.63, 3.8) is 0 Å². The topological polar surface area (TPSA) is 79.2 Å². The van der Waals surface area contributed by atoms with Gasteiger partial charge in [0, 0.05) is 23.8 Å². The molecule has 17 heavy (non-hydrogen) atoms. The van der Waals surface area contributed by atoms with Crippen LogP contribution < -0.4 is 4.90 Å². The molecule has 1 saturated carbocycles. The van der Waals surface area contributed by atoms with Crippen LogP contribution in [0.4, 0.5) is 10.7 Å². The largest absolute Gasteiger partial charge is 0.465 e. The van der Waals surface area contributed by atoms with Crippen LogP contribution in [-0.4, -0.2) is 32.2 Å². The Labute approximate surface area is 96.9 Å². The van der Waals surface area contributed by atoms with E-state index in [4.69, 9.17) is 5.11 Å². The Balaban J connectivity index is 2.07. The zero-order valence-corrected chi connectivity index (χ0v) is 8.95. The molecule has 1 fully saturated rings. The second-order valence-corrected chi connectivity index (χ2v) is 3.99. The van der Waals surface area contributed by atoms with Gasteiger partial charge in [-0.15, -0.1) is 0 Å². The van der Waals surface area contributed by atoms with E-state index in [0.717, 1.165) is 18.2 Å². The molecule has 2 aromatic rings. The molecule has 1 aliphatic rings. The number of anilines is 1. The molecular formula is C11H10N4O2. The van der Waals surface area contributed by atoms with Gasteiger partial charge >= 0.3 is 6.09 Å². The minimum Gasteiger partial charge on any atom is -0.465 e. The van der Waals surface area contributed by atoms with E-state index in [-0.39, 0.29) is 12.0 Å². The number of hydrogen-bond donors (Lipinski definition) is 1. The SMILES string of the molecule is O=C(O)N(c1ncc2ccncc2n1)C1CC1. The summed E-state index contributed by atoms with van der Waals surface area (Å²) >= 11 is 0. The Hall–Kier alpha value is -2.24. The summed E-state index contributed by atoms with van der Waals surface area (Å²) in [4.78, 5) is 24.7. The van der Waals surface area contributed by atoms with Gasteiger partial charge < -0.3 is 5.11 Å². The van der Waals surface area contributed by atoms with Gasteiger partial charge in [0.15, 0.2) is 0 Å². The summed E-state index contributed by atoms with van der Waals surface area (Å²) in [6, 6.07) is 1.82. The maximum absolute atomic E-state index is 11.1. The van der Waals surface area contributed by atoms with Crippen molar-refractivity contribution in [3.05, 3.63) is 24.7 Å². The average Bonchev–Trinajstić information content (AvgIpc) is 3.13. The molecule has 0 bridgehead atoms. The summed E-state index contributed by atoms with van der Waals surface area (Å²) < 4.78 is 0. The van der Waals surface area contributed by atoms with E-state index < -0.39 is 6.09 Å². The summed E-state index contributed by atoms with van der Waals surface area (Å²) in [5.41, 5.74) is 0.657. The van der Waals surface area contributed by atoms with Crippen LogP contribution in [-0.2, 0) is 0 Å². The van der Waals surface area contributed by atoms with Gasteiger partial charge in [0.2, 0.25) is 5.95 Å². The molecule has 1 amide bonds. The zero-order valence-electron chi connectivity index (χ0n) is 8.95. The first-order valence-corrected chi connectivity index (χ1v) is 5.34. The van der Waals surface area contributed by atoms with E-state index in [1.807, 2.05) is 0 Å². The maximum Gasteiger partial charge on any atom is 0.414 e. The first-order valence-electron chi connectivity index (χ1n) is 5.34. The number of carbonyl (C=O) groups is 1. The lowest BCUT2D eigenvalue weighted by Crippen LogP contribution is -2.32. The van der Waals surface area contributed by atoms with Crippen LogP contribution >= 0.6 is 0 Å². The predicted molar refractivity (Wildman–Crippen MR) is 60.9 cm³/mol. The normalized spacial score (nSPS) is 14.8. The van der Waals surface area contributed by atoms with Crippen molar-refractivity contribution in [2.75, 3.05) is 4.90 Å². The minimum absolute atomic E-state index is 0.0293. The molecule has 0 aromatic carbocycles. The van der Waals surface area contributed by atoms with Gasteiger partial charge in [-0.1, -0.05) is 0 Å². The Morgan fingerprint density at radius 3 is 2.94 bits per heavy atom. The van der Waals surface area contributed by atoms with Crippen molar-refractivity contribution in [2.45, 2.75) is 18.9 Å². The first-order chi connectivity index (χ1) is 8.25. The molecule has 2 heterocycles. The molecule has 0 atom stereocenters. The van der Waals surface area contributed by atoms with Crippen LogP contribution in [0.25, 0.3) is 10.9 Å². The maximum atomic E-state index is 11.1. The summed E-state index contributed by atoms with van der Waals surface area (Å²) in [6.45, 7) is 0. The number of hydrogen-bond acceptors (Lipinski definition) is 4. The van der Waals surface area contributed by atoms with E-state index in [1.165, 1.54) is 4.90 Å². The first kappa shape index (κ1) is 9.95. The molecular weight excluding hydrogens is 220 g/mol. The number of amides is 1. The standard InChI is InChI=1S/C11H10N4O2/c16-11(17)15(8-1-2-8)10-13-5-7-3-4-12-6-9(7)14-10/h3-6,8H,1-2H2,(H,16,17). The van der Waals surface area contributed by atoms with Crippen LogP contribution in [0, 0.1) is 0 Å². The van der Waals surface area contributed by atoms with Gasteiger partial charge in [0.05, 0.1) is 11.7 Å². The molecule has 1 aliphatic carbocycles. The van der Waals surface area contributed by atoms with Gasteiger partial charge in [-0.3, -0.25) is 4.98 Å². The lowest BCUT2D eigenvalue weighted by Gasteiger charge is -2.16. The minimum atomic E-state index is -1.00. The number of fused-ring (bicyclic) bond motifs is 1. The second kappa shape index (κ2) is 3.65. The number of carboxylic acid groups (broad SMARTS) is 1. The molecule has 86 valence electrons. The monoisotopic (exact) mass is 230 g/mol. The smallest absolute Gasteiger partial charge is 0.414 e. The highest BCUT2D eigenvalue weighted by molar-refractivity contribution is 5.87. The van der Waals surface area contributed by atoms with Crippen molar-refractivity contribution in [1.82, 2.24) is 15.0 Å². The van der Waals surface area contributed by atoms with Crippen LogP contribution in [0.3, 0.4) is 0 Å². The highest BCUT2D eigenvalue weighted by Crippen LogP contribution is 2.30. The molecule has 0 unspecified atom stereocenters. The van der Waals surface area contributed by atoms with Crippen molar-refractivity contribution in [1.29, 1.82) is 0 Å². The third-order valence-corrected chi connectivity index (χ3v) is 2.71. The zero-order chi connectivity index (χ0) is 11.8. The van der Waals surface area contributed by atoms with Crippen molar-refractivity contribution in [3.8, 4) is 0 Å².